The zero-order valence-corrected chi connectivity index (χ0v) is 10.7. The van der Waals surface area contributed by atoms with Crippen LogP contribution in [0.15, 0.2) is 24.3 Å². The third kappa shape index (κ3) is 5.47. The highest BCUT2D eigenvalue weighted by Crippen LogP contribution is 2.07. The van der Waals surface area contributed by atoms with E-state index in [1.54, 1.807) is 0 Å². The van der Waals surface area contributed by atoms with Crippen LogP contribution in [0.5, 0.6) is 0 Å². The highest BCUT2D eigenvalue weighted by atomic mass is 19.1. The zero-order valence-electron chi connectivity index (χ0n) is 10.7. The van der Waals surface area contributed by atoms with Gasteiger partial charge in [-0.05, 0) is 24.1 Å². The summed E-state index contributed by atoms with van der Waals surface area (Å²) >= 11 is 0. The Morgan fingerprint density at radius 3 is 2.25 bits per heavy atom. The number of carboxylic acids is 1. The number of hydrogen-bond acceptors (Lipinski definition) is 3. The molecule has 0 aliphatic rings. The maximum absolute atomic E-state index is 12.7. The van der Waals surface area contributed by atoms with Gasteiger partial charge in [0.2, 0.25) is 11.8 Å². The molecule has 0 saturated carbocycles. The van der Waals surface area contributed by atoms with E-state index in [0.717, 1.165) is 10.5 Å². The number of rotatable bonds is 7. The number of amides is 2. The molecule has 0 aliphatic carbocycles. The van der Waals surface area contributed by atoms with Gasteiger partial charge in [-0.3, -0.25) is 14.4 Å². The maximum atomic E-state index is 12.7. The minimum absolute atomic E-state index is 0.0200. The van der Waals surface area contributed by atoms with Gasteiger partial charge >= 0.3 is 5.97 Å². The molecule has 0 saturated heterocycles. The monoisotopic (exact) mass is 282 g/mol. The molecule has 0 aromatic heterocycles. The van der Waals surface area contributed by atoms with Gasteiger partial charge in [0.15, 0.2) is 0 Å². The Morgan fingerprint density at radius 2 is 1.75 bits per heavy atom. The number of carbonyl (C=O) groups is 3. The smallest absolute Gasteiger partial charge is 0.323 e. The Bertz CT molecular complexity index is 486. The number of nitrogens with two attached hydrogens (primary N) is 1. The molecule has 0 fully saturated rings. The standard InChI is InChI=1S/C13H15FN2O4/c14-10-4-1-9(2-5-10)3-6-12(18)16(7-11(15)17)8-13(19)20/h1-2,4-5H,3,6-8H2,(H2,15,17)(H,19,20). The highest BCUT2D eigenvalue weighted by Gasteiger charge is 2.18. The molecule has 1 aromatic carbocycles. The summed E-state index contributed by atoms with van der Waals surface area (Å²) in [4.78, 5) is 34.1. The lowest BCUT2D eigenvalue weighted by atomic mass is 10.1. The lowest BCUT2D eigenvalue weighted by molar-refractivity contribution is -0.145. The summed E-state index contributed by atoms with van der Waals surface area (Å²) in [5.41, 5.74) is 5.71. The molecular weight excluding hydrogens is 267 g/mol. The van der Waals surface area contributed by atoms with E-state index in [0.29, 0.717) is 6.42 Å². The van der Waals surface area contributed by atoms with Crippen molar-refractivity contribution in [1.29, 1.82) is 0 Å². The molecule has 0 bridgehead atoms. The Balaban J connectivity index is 2.58. The molecule has 0 aliphatic heterocycles. The second kappa shape index (κ2) is 7.22. The third-order valence-electron chi connectivity index (χ3n) is 2.57. The van der Waals surface area contributed by atoms with Crippen molar-refractivity contribution in [3.63, 3.8) is 0 Å². The van der Waals surface area contributed by atoms with Crippen molar-refractivity contribution < 1.29 is 23.9 Å². The van der Waals surface area contributed by atoms with E-state index >= 15 is 0 Å². The fourth-order valence-corrected chi connectivity index (χ4v) is 1.64. The first kappa shape index (κ1) is 15.6. The molecule has 0 atom stereocenters. The molecule has 0 heterocycles. The predicted molar refractivity (Wildman–Crippen MR) is 68.1 cm³/mol. The van der Waals surface area contributed by atoms with Crippen molar-refractivity contribution in [3.05, 3.63) is 35.6 Å². The lowest BCUT2D eigenvalue weighted by Gasteiger charge is -2.18. The summed E-state index contributed by atoms with van der Waals surface area (Å²) in [6.07, 6.45) is 0.347. The van der Waals surface area contributed by atoms with Gasteiger partial charge in [0.05, 0.1) is 6.54 Å². The van der Waals surface area contributed by atoms with Crippen LogP contribution in [-0.2, 0) is 20.8 Å². The van der Waals surface area contributed by atoms with E-state index in [2.05, 4.69) is 0 Å². The van der Waals surface area contributed by atoms with Crippen molar-refractivity contribution in [2.75, 3.05) is 13.1 Å². The quantitative estimate of drug-likeness (QED) is 0.743. The van der Waals surface area contributed by atoms with E-state index in [1.165, 1.54) is 24.3 Å². The molecule has 0 unspecified atom stereocenters. The van der Waals surface area contributed by atoms with Crippen LogP contribution in [0.25, 0.3) is 0 Å². The SMILES string of the molecule is NC(=O)CN(CC(=O)O)C(=O)CCc1ccc(F)cc1. The van der Waals surface area contributed by atoms with Crippen molar-refractivity contribution in [2.45, 2.75) is 12.8 Å². The van der Waals surface area contributed by atoms with E-state index in [-0.39, 0.29) is 12.2 Å². The van der Waals surface area contributed by atoms with Gasteiger partial charge in [0.1, 0.15) is 12.4 Å². The number of carbonyl (C=O) groups excluding carboxylic acids is 2. The fourth-order valence-electron chi connectivity index (χ4n) is 1.64. The second-order valence-electron chi connectivity index (χ2n) is 4.24. The van der Waals surface area contributed by atoms with Crippen molar-refractivity contribution in [2.24, 2.45) is 5.73 Å². The largest absolute Gasteiger partial charge is 0.480 e. The highest BCUT2D eigenvalue weighted by molar-refractivity contribution is 5.86. The van der Waals surface area contributed by atoms with Gasteiger partial charge in [-0.25, -0.2) is 4.39 Å². The topological polar surface area (TPSA) is 101 Å². The average molecular weight is 282 g/mol. The zero-order chi connectivity index (χ0) is 15.1. The lowest BCUT2D eigenvalue weighted by Crippen LogP contribution is -2.41. The van der Waals surface area contributed by atoms with Gasteiger partial charge in [0.25, 0.3) is 0 Å². The van der Waals surface area contributed by atoms with Gasteiger partial charge < -0.3 is 15.7 Å². The van der Waals surface area contributed by atoms with Crippen LogP contribution in [0.3, 0.4) is 0 Å². The molecule has 3 N–H and O–H groups in total. The molecule has 0 radical (unpaired) electrons. The number of aliphatic carboxylic acids is 1. The Labute approximate surface area is 115 Å². The number of carboxylic acid groups (broad SMARTS) is 1. The van der Waals surface area contributed by atoms with Crippen LogP contribution in [-0.4, -0.2) is 40.9 Å². The Hall–Kier alpha value is -2.44. The van der Waals surface area contributed by atoms with Gasteiger partial charge in [-0.2, -0.15) is 0 Å². The first-order valence-electron chi connectivity index (χ1n) is 5.91. The molecule has 1 rings (SSSR count). The summed E-state index contributed by atoms with van der Waals surface area (Å²) < 4.78 is 12.7. The van der Waals surface area contributed by atoms with Crippen molar-refractivity contribution in [1.82, 2.24) is 4.90 Å². The molecule has 1 aromatic rings. The normalized spacial score (nSPS) is 10.1. The minimum atomic E-state index is -1.22. The van der Waals surface area contributed by atoms with Gasteiger partial charge in [0, 0.05) is 6.42 Å². The fraction of sp³-hybridized carbons (Fsp3) is 0.308. The first-order valence-corrected chi connectivity index (χ1v) is 5.91. The molecule has 2 amide bonds. The summed E-state index contributed by atoms with van der Waals surface area (Å²) in [5, 5.41) is 8.67. The number of halogens is 1. The van der Waals surface area contributed by atoms with Gasteiger partial charge in [-0.15, -0.1) is 0 Å². The van der Waals surface area contributed by atoms with Crippen molar-refractivity contribution >= 4 is 17.8 Å². The number of hydrogen-bond donors (Lipinski definition) is 2. The molecule has 108 valence electrons. The van der Waals surface area contributed by atoms with E-state index in [1.807, 2.05) is 0 Å². The summed E-state index contributed by atoms with van der Waals surface area (Å²) in [7, 11) is 0. The van der Waals surface area contributed by atoms with Crippen LogP contribution in [0.2, 0.25) is 0 Å². The molecule has 0 spiro atoms. The predicted octanol–water partition coefficient (Wildman–Crippen LogP) is 0.157. The van der Waals surface area contributed by atoms with Crippen LogP contribution in [0.4, 0.5) is 4.39 Å². The third-order valence-corrected chi connectivity index (χ3v) is 2.57. The molecule has 7 heteroatoms. The van der Waals surface area contributed by atoms with Crippen LogP contribution < -0.4 is 5.73 Å². The number of aryl methyl sites for hydroxylation is 1. The van der Waals surface area contributed by atoms with Gasteiger partial charge in [-0.1, -0.05) is 12.1 Å². The Kier molecular flexibility index (Phi) is 5.64. The van der Waals surface area contributed by atoms with Crippen molar-refractivity contribution in [3.8, 4) is 0 Å². The second-order valence-corrected chi connectivity index (χ2v) is 4.24. The maximum Gasteiger partial charge on any atom is 0.323 e. The molecule has 6 nitrogen and oxygen atoms in total. The molecular formula is C13H15FN2O4. The molecule has 20 heavy (non-hydrogen) atoms. The van der Waals surface area contributed by atoms with Crippen LogP contribution in [0, 0.1) is 5.82 Å². The van der Waals surface area contributed by atoms with E-state index in [4.69, 9.17) is 10.8 Å². The first-order chi connectivity index (χ1) is 9.38. The van der Waals surface area contributed by atoms with E-state index < -0.39 is 30.9 Å². The number of benzene rings is 1. The summed E-state index contributed by atoms with van der Waals surface area (Å²) in [6.45, 7) is -1.01. The minimum Gasteiger partial charge on any atom is -0.480 e. The summed E-state index contributed by atoms with van der Waals surface area (Å²) in [5.74, 6) is -2.86. The summed E-state index contributed by atoms with van der Waals surface area (Å²) in [6, 6.07) is 5.63. The average Bonchev–Trinajstić information content (AvgIpc) is 2.36. The van der Waals surface area contributed by atoms with E-state index in [9.17, 15) is 18.8 Å². The Morgan fingerprint density at radius 1 is 1.15 bits per heavy atom. The number of nitrogens with zero attached hydrogens (tertiary/aromatic N) is 1. The number of primary amides is 1. The van der Waals surface area contributed by atoms with Crippen LogP contribution in [0.1, 0.15) is 12.0 Å². The van der Waals surface area contributed by atoms with Crippen LogP contribution >= 0.6 is 0 Å².